The number of allylic oxidation sites excluding steroid dienone is 1. The van der Waals surface area contributed by atoms with Crippen LogP contribution in [0.25, 0.3) is 0 Å². The van der Waals surface area contributed by atoms with Crippen molar-refractivity contribution in [3.05, 3.63) is 81.5 Å². The maximum Gasteiger partial charge on any atom is 0.338 e. The fourth-order valence-corrected chi connectivity index (χ4v) is 5.30. The lowest BCUT2D eigenvalue weighted by atomic mass is 9.90. The summed E-state index contributed by atoms with van der Waals surface area (Å²) in [6, 6.07) is 13.0. The molecule has 2 aliphatic heterocycles. The van der Waals surface area contributed by atoms with Crippen molar-refractivity contribution < 1.29 is 19.1 Å². The van der Waals surface area contributed by atoms with Crippen LogP contribution in [0, 0.1) is 13.8 Å². The summed E-state index contributed by atoms with van der Waals surface area (Å²) >= 11 is 1.45. The van der Waals surface area contributed by atoms with Crippen molar-refractivity contribution in [1.82, 2.24) is 4.90 Å². The first-order chi connectivity index (χ1) is 16.8. The number of rotatable bonds is 7. The van der Waals surface area contributed by atoms with E-state index < -0.39 is 12.0 Å². The molecule has 0 aromatic heterocycles. The molecule has 0 aliphatic carbocycles. The van der Waals surface area contributed by atoms with Gasteiger partial charge in [-0.3, -0.25) is 4.79 Å². The normalized spacial score (nSPS) is 16.9. The Balaban J connectivity index is 1.68. The maximum absolute atomic E-state index is 13.1. The summed E-state index contributed by atoms with van der Waals surface area (Å²) in [6.07, 6.45) is 0.125. The molecule has 2 heterocycles. The molecule has 0 saturated carbocycles. The van der Waals surface area contributed by atoms with Crippen LogP contribution in [-0.2, 0) is 14.3 Å². The highest BCUT2D eigenvalue weighted by atomic mass is 32.2. The average molecular weight is 492 g/mol. The van der Waals surface area contributed by atoms with Gasteiger partial charge in [0, 0.05) is 17.5 Å². The first-order valence-corrected chi connectivity index (χ1v) is 12.3. The molecule has 0 saturated heterocycles. The van der Waals surface area contributed by atoms with Crippen LogP contribution in [0.1, 0.15) is 43.0 Å². The van der Waals surface area contributed by atoms with Crippen LogP contribution in [0.4, 0.5) is 5.69 Å². The second-order valence-electron chi connectivity index (χ2n) is 8.43. The summed E-state index contributed by atoms with van der Waals surface area (Å²) < 4.78 is 10.7. The number of aryl methyl sites for hydroxylation is 2. The second-order valence-corrected chi connectivity index (χ2v) is 9.27. The van der Waals surface area contributed by atoms with E-state index in [-0.39, 0.29) is 18.9 Å². The van der Waals surface area contributed by atoms with Crippen molar-refractivity contribution in [1.29, 1.82) is 0 Å². The van der Waals surface area contributed by atoms with Gasteiger partial charge < -0.3 is 19.7 Å². The number of anilines is 1. The Morgan fingerprint density at radius 3 is 2.66 bits per heavy atom. The lowest BCUT2D eigenvalue weighted by Crippen LogP contribution is -2.37. The Labute approximate surface area is 209 Å². The summed E-state index contributed by atoms with van der Waals surface area (Å²) in [7, 11) is 1.59. The summed E-state index contributed by atoms with van der Waals surface area (Å²) in [5.74, 6) is 0.100. The number of carbonyl (C=O) groups excluding carboxylic acids is 2. The van der Waals surface area contributed by atoms with Gasteiger partial charge in [-0.2, -0.15) is 0 Å². The molecule has 0 bridgehead atoms. The number of carbonyl (C=O) groups is 2. The number of amides is 1. The molecular weight excluding hydrogens is 462 g/mol. The predicted molar refractivity (Wildman–Crippen MR) is 139 cm³/mol. The molecule has 8 heteroatoms. The maximum atomic E-state index is 13.1. The number of nitrogens with zero attached hydrogens (tertiary/aromatic N) is 2. The van der Waals surface area contributed by atoms with Gasteiger partial charge in [-0.1, -0.05) is 41.6 Å². The van der Waals surface area contributed by atoms with Crippen molar-refractivity contribution in [2.75, 3.05) is 19.0 Å². The predicted octanol–water partition coefficient (Wildman–Crippen LogP) is 5.48. The Bertz CT molecular complexity index is 1260. The molecule has 2 aliphatic rings. The molecule has 1 atom stereocenters. The van der Waals surface area contributed by atoms with Gasteiger partial charge in [-0.15, -0.1) is 0 Å². The summed E-state index contributed by atoms with van der Waals surface area (Å²) in [4.78, 5) is 32.8. The number of amidine groups is 1. The van der Waals surface area contributed by atoms with Crippen molar-refractivity contribution in [2.45, 2.75) is 40.2 Å². The van der Waals surface area contributed by atoms with Gasteiger partial charge in [0.25, 0.3) is 0 Å². The zero-order valence-electron chi connectivity index (χ0n) is 20.5. The van der Waals surface area contributed by atoms with E-state index in [2.05, 4.69) is 11.4 Å². The number of nitrogens with one attached hydrogen (secondary N) is 1. The van der Waals surface area contributed by atoms with Gasteiger partial charge in [0.05, 0.1) is 37.4 Å². The Morgan fingerprint density at radius 1 is 1.14 bits per heavy atom. The van der Waals surface area contributed by atoms with Crippen LogP contribution in [0.15, 0.2) is 69.8 Å². The monoisotopic (exact) mass is 491 g/mol. The van der Waals surface area contributed by atoms with Crippen molar-refractivity contribution in [3.8, 4) is 5.75 Å². The highest BCUT2D eigenvalue weighted by Gasteiger charge is 2.41. The van der Waals surface area contributed by atoms with Gasteiger partial charge in [-0.05, 0) is 56.4 Å². The zero-order valence-corrected chi connectivity index (χ0v) is 21.4. The van der Waals surface area contributed by atoms with Gasteiger partial charge in [-0.25, -0.2) is 9.79 Å². The van der Waals surface area contributed by atoms with Gasteiger partial charge in [0.15, 0.2) is 5.17 Å². The first-order valence-electron chi connectivity index (χ1n) is 11.4. The largest absolute Gasteiger partial charge is 0.497 e. The van der Waals surface area contributed by atoms with E-state index in [1.165, 1.54) is 11.8 Å². The van der Waals surface area contributed by atoms with E-state index >= 15 is 0 Å². The summed E-state index contributed by atoms with van der Waals surface area (Å²) in [5, 5.41) is 5.61. The Kier molecular flexibility index (Phi) is 7.31. The number of hydrogen-bond donors (Lipinski definition) is 1. The highest BCUT2D eigenvalue weighted by Crippen LogP contribution is 2.45. The molecule has 7 nitrogen and oxygen atoms in total. The molecule has 0 spiro atoms. The fourth-order valence-electron chi connectivity index (χ4n) is 4.34. The minimum absolute atomic E-state index is 0.125. The smallest absolute Gasteiger partial charge is 0.338 e. The van der Waals surface area contributed by atoms with Crippen LogP contribution in [0.3, 0.4) is 0 Å². The van der Waals surface area contributed by atoms with Crippen molar-refractivity contribution in [3.63, 3.8) is 0 Å². The minimum atomic E-state index is -0.437. The SMILES string of the molecule is CCOC(=O)C1=C(C)N=C2SC=C(CC(=O)Nc3cccc(OC)c3)N2[C@@H]1c1ccc(C)cc1C. The first kappa shape index (κ1) is 24.6. The number of ether oxygens (including phenoxy) is 2. The topological polar surface area (TPSA) is 80.2 Å². The Morgan fingerprint density at radius 2 is 1.94 bits per heavy atom. The van der Waals surface area contributed by atoms with Crippen molar-refractivity contribution in [2.24, 2.45) is 4.99 Å². The summed E-state index contributed by atoms with van der Waals surface area (Å²) in [6.45, 7) is 7.97. The highest BCUT2D eigenvalue weighted by molar-refractivity contribution is 8.16. The molecule has 182 valence electrons. The van der Waals surface area contributed by atoms with E-state index in [0.717, 1.165) is 27.6 Å². The number of methoxy groups -OCH3 is 1. The number of aliphatic imine (C=N–C) groups is 1. The molecule has 2 aromatic rings. The number of hydrogen-bond acceptors (Lipinski definition) is 7. The number of fused-ring (bicyclic) bond motifs is 1. The van der Waals surface area contributed by atoms with E-state index in [1.54, 1.807) is 20.1 Å². The number of thioether (sulfide) groups is 1. The minimum Gasteiger partial charge on any atom is -0.497 e. The third-order valence-corrected chi connectivity index (χ3v) is 6.80. The Hall–Kier alpha value is -3.52. The molecule has 0 unspecified atom stereocenters. The molecule has 0 fully saturated rings. The lowest BCUT2D eigenvalue weighted by molar-refractivity contribution is -0.139. The molecule has 1 amide bonds. The zero-order chi connectivity index (χ0) is 25.1. The number of esters is 1. The third-order valence-electron chi connectivity index (χ3n) is 5.91. The molecule has 1 N–H and O–H groups in total. The van der Waals surface area contributed by atoms with Crippen LogP contribution < -0.4 is 10.1 Å². The molecular formula is C27H29N3O4S. The van der Waals surface area contributed by atoms with Crippen LogP contribution in [0.5, 0.6) is 5.75 Å². The fraction of sp³-hybridized carbons (Fsp3) is 0.296. The van der Waals surface area contributed by atoms with Crippen LogP contribution in [-0.4, -0.2) is 35.7 Å². The van der Waals surface area contributed by atoms with Gasteiger partial charge in [0.2, 0.25) is 5.91 Å². The van der Waals surface area contributed by atoms with Crippen molar-refractivity contribution >= 4 is 34.5 Å². The van der Waals surface area contributed by atoms with Crippen LogP contribution in [0.2, 0.25) is 0 Å². The van der Waals surface area contributed by atoms with E-state index in [1.807, 2.05) is 61.4 Å². The van der Waals surface area contributed by atoms with Gasteiger partial charge in [0.1, 0.15) is 5.75 Å². The van der Waals surface area contributed by atoms with E-state index in [0.29, 0.717) is 22.7 Å². The van der Waals surface area contributed by atoms with Gasteiger partial charge >= 0.3 is 5.97 Å². The molecule has 2 aromatic carbocycles. The molecule has 4 rings (SSSR count). The standard InChI is InChI=1S/C27H29N3O4S/c1-6-34-26(32)24-18(4)28-27-30(25(24)22-11-10-16(2)12-17(22)3)20(15-35-27)14-23(31)29-19-8-7-9-21(13-19)33-5/h7-13,15,25H,6,14H2,1-5H3,(H,29,31)/t25-/m1/s1. The molecule has 35 heavy (non-hydrogen) atoms. The lowest BCUT2D eigenvalue weighted by Gasteiger charge is -2.37. The molecule has 0 radical (unpaired) electrons. The second kappa shape index (κ2) is 10.4. The quantitative estimate of drug-likeness (QED) is 0.517. The number of benzene rings is 2. The van der Waals surface area contributed by atoms with Crippen LogP contribution >= 0.6 is 11.8 Å². The van der Waals surface area contributed by atoms with E-state index in [9.17, 15) is 9.59 Å². The van der Waals surface area contributed by atoms with E-state index in [4.69, 9.17) is 14.5 Å². The average Bonchev–Trinajstić information content (AvgIpc) is 3.20. The summed E-state index contributed by atoms with van der Waals surface area (Å²) in [5.41, 5.74) is 5.72. The third kappa shape index (κ3) is 5.12.